The van der Waals surface area contributed by atoms with Gasteiger partial charge in [-0.2, -0.15) is 0 Å². The Labute approximate surface area is 103 Å². The average molecular weight is 209 g/mol. The average Bonchev–Trinajstić information content (AvgIpc) is 2.16. The molecule has 0 bridgehead atoms. The second-order valence-electron chi connectivity index (χ2n) is 2.49. The predicted molar refractivity (Wildman–Crippen MR) is 59.8 cm³/mol. The number of hydrogen-bond acceptors (Lipinski definition) is 1. The number of para-hydroxylation sites is 1. The van der Waals surface area contributed by atoms with Gasteiger partial charge in [0, 0.05) is 5.88 Å². The van der Waals surface area contributed by atoms with E-state index in [0.29, 0.717) is 12.5 Å². The van der Waals surface area contributed by atoms with Gasteiger partial charge in [-0.15, -0.1) is 11.6 Å². The van der Waals surface area contributed by atoms with E-state index in [1.807, 2.05) is 30.3 Å². The van der Waals surface area contributed by atoms with E-state index in [1.165, 1.54) is 0 Å². The molecular weight excluding hydrogens is 196 g/mol. The molecule has 0 aliphatic heterocycles. The van der Waals surface area contributed by atoms with Crippen LogP contribution in [0.15, 0.2) is 42.5 Å². The van der Waals surface area contributed by atoms with Crippen molar-refractivity contribution in [2.75, 3.05) is 12.5 Å². The topological polar surface area (TPSA) is 9.23 Å². The number of benzene rings is 1. The quantitative estimate of drug-likeness (QED) is 0.420. The van der Waals surface area contributed by atoms with E-state index in [9.17, 15) is 0 Å². The van der Waals surface area contributed by atoms with Gasteiger partial charge in [-0.25, -0.2) is 0 Å². The zero-order valence-corrected chi connectivity index (χ0v) is 9.67. The molecule has 0 spiro atoms. The molecule has 0 fully saturated rings. The van der Waals surface area contributed by atoms with E-state index in [4.69, 9.17) is 16.3 Å². The molecule has 0 heterocycles. The Morgan fingerprint density at radius 3 is 2.54 bits per heavy atom. The minimum Gasteiger partial charge on any atom is -1.00 e. The molecule has 0 atom stereocenters. The van der Waals surface area contributed by atoms with E-state index >= 15 is 0 Å². The maximum absolute atomic E-state index is 5.54. The van der Waals surface area contributed by atoms with Crippen molar-refractivity contribution in [2.45, 2.75) is 0 Å². The molecule has 0 N–H and O–H groups in total. The maximum Gasteiger partial charge on any atom is 2.00 e. The molecule has 0 radical (unpaired) electrons. The standard InChI is InChI=1S/C10H11ClO.Mg.2H/c1-9(7-11)8-12-10-5-3-2-4-6-10;;;/h2-6H,1,7-8H2;;;/q;+2;2*-1. The van der Waals surface area contributed by atoms with Crippen molar-refractivity contribution in [3.63, 3.8) is 0 Å². The van der Waals surface area contributed by atoms with Crippen LogP contribution in [0, 0.1) is 0 Å². The molecule has 3 heteroatoms. The van der Waals surface area contributed by atoms with E-state index in [-0.39, 0.29) is 25.9 Å². The molecule has 0 saturated carbocycles. The number of rotatable bonds is 4. The number of alkyl halides is 1. The van der Waals surface area contributed by atoms with Crippen LogP contribution in [0.5, 0.6) is 5.75 Å². The minimum absolute atomic E-state index is 0. The predicted octanol–water partition coefficient (Wildman–Crippen LogP) is 2.70. The molecule has 0 aliphatic carbocycles. The van der Waals surface area contributed by atoms with E-state index in [2.05, 4.69) is 6.58 Å². The second kappa shape index (κ2) is 7.24. The molecule has 1 rings (SSSR count). The van der Waals surface area contributed by atoms with Crippen LogP contribution in [0.1, 0.15) is 2.85 Å². The molecule has 13 heavy (non-hydrogen) atoms. The third-order valence-electron chi connectivity index (χ3n) is 1.38. The van der Waals surface area contributed by atoms with Crippen LogP contribution < -0.4 is 4.74 Å². The van der Waals surface area contributed by atoms with Crippen LogP contribution >= 0.6 is 11.6 Å². The van der Waals surface area contributed by atoms with Crippen molar-refractivity contribution in [2.24, 2.45) is 0 Å². The van der Waals surface area contributed by atoms with Crippen molar-refractivity contribution < 1.29 is 7.59 Å². The second-order valence-corrected chi connectivity index (χ2v) is 2.75. The van der Waals surface area contributed by atoms with Gasteiger partial charge in [0.25, 0.3) is 0 Å². The smallest absolute Gasteiger partial charge is 1.00 e. The van der Waals surface area contributed by atoms with Crippen LogP contribution in [0.2, 0.25) is 0 Å². The van der Waals surface area contributed by atoms with Crippen molar-refractivity contribution in [1.29, 1.82) is 0 Å². The molecule has 1 aromatic carbocycles. The SMILES string of the molecule is C=C(CCl)COc1ccccc1.[H-].[H-].[Mg+2]. The first-order valence-corrected chi connectivity index (χ1v) is 4.27. The van der Waals surface area contributed by atoms with Crippen molar-refractivity contribution in [3.05, 3.63) is 42.5 Å². The molecule has 1 nitrogen and oxygen atoms in total. The summed E-state index contributed by atoms with van der Waals surface area (Å²) in [6.45, 7) is 4.22. The maximum atomic E-state index is 5.54. The van der Waals surface area contributed by atoms with Gasteiger partial charge in [-0.1, -0.05) is 24.8 Å². The summed E-state index contributed by atoms with van der Waals surface area (Å²) in [6.07, 6.45) is 0. The molecule has 68 valence electrons. The first-order valence-electron chi connectivity index (χ1n) is 3.73. The normalized spacial score (nSPS) is 8.69. The summed E-state index contributed by atoms with van der Waals surface area (Å²) in [5.74, 6) is 1.30. The summed E-state index contributed by atoms with van der Waals surface area (Å²) >= 11 is 5.54. The van der Waals surface area contributed by atoms with Gasteiger partial charge in [-0.05, 0) is 17.7 Å². The Kier molecular flexibility index (Phi) is 7.14. The third kappa shape index (κ3) is 5.19. The third-order valence-corrected chi connectivity index (χ3v) is 1.75. The molecule has 0 aromatic heterocycles. The Hall–Kier alpha value is -0.184. The van der Waals surface area contributed by atoms with Gasteiger partial charge < -0.3 is 7.59 Å². The first-order chi connectivity index (χ1) is 5.83. The largest absolute Gasteiger partial charge is 2.00 e. The monoisotopic (exact) mass is 208 g/mol. The van der Waals surface area contributed by atoms with Crippen molar-refractivity contribution >= 4 is 34.7 Å². The van der Waals surface area contributed by atoms with Crippen LogP contribution in [0.25, 0.3) is 0 Å². The summed E-state index contributed by atoms with van der Waals surface area (Å²) in [5, 5.41) is 0. The van der Waals surface area contributed by atoms with Gasteiger partial charge in [0.05, 0.1) is 0 Å². The Bertz CT molecular complexity index is 257. The van der Waals surface area contributed by atoms with Gasteiger partial charge in [0.2, 0.25) is 0 Å². The number of ether oxygens (including phenoxy) is 1. The number of hydrogen-bond donors (Lipinski definition) is 0. The van der Waals surface area contributed by atoms with Crippen LogP contribution in [-0.2, 0) is 0 Å². The van der Waals surface area contributed by atoms with E-state index in [0.717, 1.165) is 11.3 Å². The molecule has 0 unspecified atom stereocenters. The fraction of sp³-hybridized carbons (Fsp3) is 0.200. The molecule has 0 amide bonds. The Morgan fingerprint density at radius 2 is 2.00 bits per heavy atom. The summed E-state index contributed by atoms with van der Waals surface area (Å²) in [6, 6.07) is 9.61. The van der Waals surface area contributed by atoms with Crippen LogP contribution in [0.4, 0.5) is 0 Å². The summed E-state index contributed by atoms with van der Waals surface area (Å²) in [7, 11) is 0. The Morgan fingerprint density at radius 1 is 1.38 bits per heavy atom. The van der Waals surface area contributed by atoms with Crippen molar-refractivity contribution in [3.8, 4) is 5.75 Å². The molecule has 0 saturated heterocycles. The first kappa shape index (κ1) is 12.8. The zero-order valence-electron chi connectivity index (χ0n) is 9.50. The zero-order chi connectivity index (χ0) is 8.81. The molecule has 1 aromatic rings. The minimum atomic E-state index is 0. The van der Waals surface area contributed by atoms with E-state index < -0.39 is 0 Å². The summed E-state index contributed by atoms with van der Waals surface area (Å²) < 4.78 is 5.37. The summed E-state index contributed by atoms with van der Waals surface area (Å²) in [5.41, 5.74) is 0.889. The Balaban J connectivity index is -0.000000480. The van der Waals surface area contributed by atoms with Gasteiger partial charge in [0.15, 0.2) is 0 Å². The molecular formula is C10H13ClMgO. The fourth-order valence-corrected chi connectivity index (χ4v) is 0.818. The molecule has 0 aliphatic rings. The van der Waals surface area contributed by atoms with Crippen molar-refractivity contribution in [1.82, 2.24) is 0 Å². The van der Waals surface area contributed by atoms with Crippen LogP contribution in [0.3, 0.4) is 0 Å². The van der Waals surface area contributed by atoms with Crippen LogP contribution in [-0.4, -0.2) is 35.5 Å². The van der Waals surface area contributed by atoms with Gasteiger partial charge in [0.1, 0.15) is 12.4 Å². The van der Waals surface area contributed by atoms with Gasteiger partial charge >= 0.3 is 23.1 Å². The fourth-order valence-electron chi connectivity index (χ4n) is 0.741. The van der Waals surface area contributed by atoms with E-state index in [1.54, 1.807) is 0 Å². The van der Waals surface area contributed by atoms with Gasteiger partial charge in [-0.3, -0.25) is 0 Å². The number of halogens is 1. The summed E-state index contributed by atoms with van der Waals surface area (Å²) in [4.78, 5) is 0.